The molecule has 1 heterocycles. The highest BCUT2D eigenvalue weighted by atomic mass is 32.1. The molecule has 1 unspecified atom stereocenters. The molecule has 1 aromatic carbocycles. The third-order valence-electron chi connectivity index (χ3n) is 2.71. The van der Waals surface area contributed by atoms with E-state index in [4.69, 9.17) is 10.2 Å². The van der Waals surface area contributed by atoms with Gasteiger partial charge in [-0.25, -0.2) is 9.18 Å². The summed E-state index contributed by atoms with van der Waals surface area (Å²) in [6, 6.07) is 4.16. The van der Waals surface area contributed by atoms with Crippen molar-refractivity contribution in [1.82, 2.24) is 5.32 Å². The molecule has 2 aromatic rings. The van der Waals surface area contributed by atoms with Gasteiger partial charge >= 0.3 is 11.9 Å². The Morgan fingerprint density at radius 3 is 2.57 bits per heavy atom. The molecule has 0 saturated heterocycles. The second-order valence-electron chi connectivity index (χ2n) is 4.22. The number of carboxylic acids is 2. The van der Waals surface area contributed by atoms with Crippen LogP contribution in [0.3, 0.4) is 0 Å². The third kappa shape index (κ3) is 3.34. The van der Waals surface area contributed by atoms with Gasteiger partial charge in [0.2, 0.25) is 0 Å². The van der Waals surface area contributed by atoms with Crippen LogP contribution in [0.1, 0.15) is 16.1 Å². The van der Waals surface area contributed by atoms with Crippen molar-refractivity contribution in [1.29, 1.82) is 0 Å². The Kier molecular flexibility index (Phi) is 4.18. The third-order valence-corrected chi connectivity index (χ3v) is 3.81. The number of hydrogen-bond donors (Lipinski definition) is 3. The summed E-state index contributed by atoms with van der Waals surface area (Å²) in [4.78, 5) is 33.5. The number of nitrogens with one attached hydrogen (secondary N) is 1. The van der Waals surface area contributed by atoms with Crippen molar-refractivity contribution in [2.24, 2.45) is 0 Å². The SMILES string of the molecule is O=C(O)CC(NC(=O)c1cc2c(F)cccc2s1)C(=O)O. The van der Waals surface area contributed by atoms with Crippen molar-refractivity contribution in [3.63, 3.8) is 0 Å². The molecule has 2 rings (SSSR count). The number of aliphatic carboxylic acids is 2. The van der Waals surface area contributed by atoms with E-state index in [2.05, 4.69) is 5.32 Å². The molecule has 21 heavy (non-hydrogen) atoms. The number of carboxylic acid groups (broad SMARTS) is 2. The summed E-state index contributed by atoms with van der Waals surface area (Å²) in [6.07, 6.45) is -0.736. The van der Waals surface area contributed by atoms with Gasteiger partial charge < -0.3 is 15.5 Å². The largest absolute Gasteiger partial charge is 0.481 e. The molecule has 8 heteroatoms. The number of carbonyl (C=O) groups excluding carboxylic acids is 1. The highest BCUT2D eigenvalue weighted by molar-refractivity contribution is 7.20. The van der Waals surface area contributed by atoms with E-state index < -0.39 is 36.1 Å². The summed E-state index contributed by atoms with van der Waals surface area (Å²) in [5.41, 5.74) is 0. The lowest BCUT2D eigenvalue weighted by molar-refractivity contribution is -0.145. The minimum atomic E-state index is -1.54. The van der Waals surface area contributed by atoms with Gasteiger partial charge in [0.15, 0.2) is 0 Å². The number of rotatable bonds is 5. The highest BCUT2D eigenvalue weighted by Gasteiger charge is 2.24. The number of amides is 1. The second kappa shape index (κ2) is 5.88. The summed E-state index contributed by atoms with van der Waals surface area (Å²) in [5.74, 6) is -4.02. The van der Waals surface area contributed by atoms with Gasteiger partial charge in [0.25, 0.3) is 5.91 Å². The van der Waals surface area contributed by atoms with Gasteiger partial charge in [-0.05, 0) is 18.2 Å². The summed E-state index contributed by atoms with van der Waals surface area (Å²) in [5, 5.41) is 19.8. The van der Waals surface area contributed by atoms with Gasteiger partial charge in [-0.2, -0.15) is 0 Å². The molecule has 0 bridgehead atoms. The second-order valence-corrected chi connectivity index (χ2v) is 5.31. The van der Waals surface area contributed by atoms with Gasteiger partial charge in [0.1, 0.15) is 11.9 Å². The van der Waals surface area contributed by atoms with Gasteiger partial charge in [0.05, 0.1) is 11.3 Å². The van der Waals surface area contributed by atoms with Crippen LogP contribution in [0.25, 0.3) is 10.1 Å². The molecule has 0 aliphatic carbocycles. The van der Waals surface area contributed by atoms with E-state index in [-0.39, 0.29) is 10.3 Å². The first-order valence-corrected chi connectivity index (χ1v) is 6.63. The Morgan fingerprint density at radius 2 is 2.00 bits per heavy atom. The zero-order valence-corrected chi connectivity index (χ0v) is 11.3. The fraction of sp³-hybridized carbons (Fsp3) is 0.154. The summed E-state index contributed by atoms with van der Waals surface area (Å²) in [6.45, 7) is 0. The molecule has 0 spiro atoms. The predicted octanol–water partition coefficient (Wildman–Crippen LogP) is 1.70. The zero-order valence-electron chi connectivity index (χ0n) is 10.5. The van der Waals surface area contributed by atoms with Crippen LogP contribution < -0.4 is 5.32 Å². The maximum Gasteiger partial charge on any atom is 0.326 e. The van der Waals surface area contributed by atoms with Crippen molar-refractivity contribution in [2.45, 2.75) is 12.5 Å². The number of thiophene rings is 1. The van der Waals surface area contributed by atoms with Crippen molar-refractivity contribution in [2.75, 3.05) is 0 Å². The van der Waals surface area contributed by atoms with Crippen LogP contribution in [0.15, 0.2) is 24.3 Å². The highest BCUT2D eigenvalue weighted by Crippen LogP contribution is 2.27. The van der Waals surface area contributed by atoms with E-state index in [1.54, 1.807) is 6.07 Å². The Balaban J connectivity index is 2.23. The molecular formula is C13H10FNO5S. The maximum atomic E-state index is 13.5. The van der Waals surface area contributed by atoms with Gasteiger partial charge in [-0.3, -0.25) is 9.59 Å². The number of carbonyl (C=O) groups is 3. The summed E-state index contributed by atoms with van der Waals surface area (Å²) >= 11 is 1.000. The molecular weight excluding hydrogens is 301 g/mol. The monoisotopic (exact) mass is 311 g/mol. The van der Waals surface area contributed by atoms with Gasteiger partial charge in [-0.1, -0.05) is 6.07 Å². The molecule has 0 radical (unpaired) electrons. The first-order valence-electron chi connectivity index (χ1n) is 5.82. The van der Waals surface area contributed by atoms with E-state index in [1.807, 2.05) is 0 Å². The average molecular weight is 311 g/mol. The topological polar surface area (TPSA) is 104 Å². The van der Waals surface area contributed by atoms with E-state index in [1.165, 1.54) is 18.2 Å². The number of benzene rings is 1. The Bertz CT molecular complexity index is 726. The first kappa shape index (κ1) is 14.9. The van der Waals surface area contributed by atoms with Crippen LogP contribution in [-0.2, 0) is 9.59 Å². The smallest absolute Gasteiger partial charge is 0.326 e. The molecule has 1 aromatic heterocycles. The lowest BCUT2D eigenvalue weighted by Crippen LogP contribution is -2.41. The average Bonchev–Trinajstić information content (AvgIpc) is 2.82. The van der Waals surface area contributed by atoms with Crippen molar-refractivity contribution < 1.29 is 29.0 Å². The Labute approximate surface area is 121 Å². The molecule has 3 N–H and O–H groups in total. The van der Waals surface area contributed by atoms with Crippen molar-refractivity contribution in [3.05, 3.63) is 35.0 Å². The number of fused-ring (bicyclic) bond motifs is 1. The summed E-state index contributed by atoms with van der Waals surface area (Å²) < 4.78 is 14.1. The quantitative estimate of drug-likeness (QED) is 0.779. The molecule has 1 atom stereocenters. The standard InChI is InChI=1S/C13H10FNO5S/c14-7-2-1-3-9-6(7)4-10(21-9)12(18)15-8(13(19)20)5-11(16)17/h1-4,8H,5H2,(H,15,18)(H,16,17)(H,19,20). The molecule has 0 fully saturated rings. The minimum absolute atomic E-state index is 0.117. The van der Waals surface area contributed by atoms with Gasteiger partial charge in [-0.15, -0.1) is 11.3 Å². The number of hydrogen-bond acceptors (Lipinski definition) is 4. The minimum Gasteiger partial charge on any atom is -0.481 e. The van der Waals surface area contributed by atoms with Crippen LogP contribution >= 0.6 is 11.3 Å². The molecule has 6 nitrogen and oxygen atoms in total. The predicted molar refractivity (Wildman–Crippen MR) is 72.9 cm³/mol. The molecule has 1 amide bonds. The van der Waals surface area contributed by atoms with Crippen molar-refractivity contribution in [3.8, 4) is 0 Å². The fourth-order valence-corrected chi connectivity index (χ4v) is 2.72. The van der Waals surface area contributed by atoms with Crippen LogP contribution in [0.4, 0.5) is 4.39 Å². The summed E-state index contributed by atoms with van der Waals surface area (Å²) in [7, 11) is 0. The lowest BCUT2D eigenvalue weighted by atomic mass is 10.2. The zero-order chi connectivity index (χ0) is 15.6. The molecule has 0 saturated carbocycles. The van der Waals surface area contributed by atoms with Gasteiger partial charge in [0, 0.05) is 10.1 Å². The van der Waals surface area contributed by atoms with E-state index in [9.17, 15) is 18.8 Å². The number of halogens is 1. The Morgan fingerprint density at radius 1 is 1.29 bits per heavy atom. The van der Waals surface area contributed by atoms with Crippen LogP contribution in [0.5, 0.6) is 0 Å². The maximum absolute atomic E-state index is 13.5. The fourth-order valence-electron chi connectivity index (χ4n) is 1.74. The Hall–Kier alpha value is -2.48. The van der Waals surface area contributed by atoms with Crippen molar-refractivity contribution >= 4 is 39.3 Å². The normalized spacial score (nSPS) is 12.0. The van der Waals surface area contributed by atoms with Crippen LogP contribution in [0.2, 0.25) is 0 Å². The first-order chi connectivity index (χ1) is 9.88. The van der Waals surface area contributed by atoms with E-state index >= 15 is 0 Å². The lowest BCUT2D eigenvalue weighted by Gasteiger charge is -2.11. The molecule has 110 valence electrons. The van der Waals surface area contributed by atoms with E-state index in [0.29, 0.717) is 4.70 Å². The molecule has 0 aliphatic rings. The van der Waals surface area contributed by atoms with Crippen LogP contribution in [0, 0.1) is 5.82 Å². The van der Waals surface area contributed by atoms with E-state index in [0.717, 1.165) is 11.3 Å². The van der Waals surface area contributed by atoms with Crippen LogP contribution in [-0.4, -0.2) is 34.1 Å². The molecule has 0 aliphatic heterocycles.